The number of amides is 3. The van der Waals surface area contributed by atoms with Crippen LogP contribution in [0.1, 0.15) is 29.0 Å². The van der Waals surface area contributed by atoms with E-state index in [9.17, 15) is 9.59 Å². The fourth-order valence-corrected chi connectivity index (χ4v) is 3.82. The molecule has 2 aromatic carbocycles. The van der Waals surface area contributed by atoms with Gasteiger partial charge in [0.25, 0.3) is 0 Å². The van der Waals surface area contributed by atoms with Crippen LogP contribution in [0.25, 0.3) is 0 Å². The van der Waals surface area contributed by atoms with E-state index in [1.807, 2.05) is 36.4 Å². The van der Waals surface area contributed by atoms with Crippen molar-refractivity contribution in [3.63, 3.8) is 0 Å². The topological polar surface area (TPSA) is 61.4 Å². The quantitative estimate of drug-likeness (QED) is 0.739. The Balaban J connectivity index is 1.72. The molecule has 5 heteroatoms. The van der Waals surface area contributed by atoms with Crippen molar-refractivity contribution in [1.29, 1.82) is 0 Å². The predicted molar refractivity (Wildman–Crippen MR) is 115 cm³/mol. The number of urea groups is 1. The fraction of sp³-hybridized carbons (Fsp3) is 0.333. The molecule has 5 nitrogen and oxygen atoms in total. The lowest BCUT2D eigenvalue weighted by Gasteiger charge is -2.37. The first-order valence-electron chi connectivity index (χ1n) is 10.1. The molecule has 1 aliphatic rings. The molecule has 1 saturated heterocycles. The van der Waals surface area contributed by atoms with Crippen LogP contribution < -0.4 is 10.6 Å². The van der Waals surface area contributed by atoms with Crippen molar-refractivity contribution in [2.24, 2.45) is 5.92 Å². The predicted octanol–water partition coefficient (Wildman–Crippen LogP) is 3.61. The highest BCUT2D eigenvalue weighted by molar-refractivity contribution is 5.81. The van der Waals surface area contributed by atoms with Crippen LogP contribution in [0.15, 0.2) is 67.3 Å². The van der Waals surface area contributed by atoms with E-state index in [-0.39, 0.29) is 23.8 Å². The van der Waals surface area contributed by atoms with Crippen LogP contribution in [-0.2, 0) is 11.3 Å². The molecule has 0 aliphatic carbocycles. The first kappa shape index (κ1) is 20.6. The minimum atomic E-state index is -0.239. The van der Waals surface area contributed by atoms with E-state index in [0.717, 1.165) is 12.0 Å². The number of aryl methyl sites for hydroxylation is 1. The summed E-state index contributed by atoms with van der Waals surface area (Å²) < 4.78 is 0. The van der Waals surface area contributed by atoms with E-state index in [1.54, 1.807) is 11.0 Å². The molecule has 1 heterocycles. The third kappa shape index (κ3) is 5.70. The lowest BCUT2D eigenvalue weighted by atomic mass is 9.83. The maximum Gasteiger partial charge on any atom is 0.317 e. The molecule has 29 heavy (non-hydrogen) atoms. The Kier molecular flexibility index (Phi) is 7.06. The molecule has 2 unspecified atom stereocenters. The van der Waals surface area contributed by atoms with E-state index >= 15 is 0 Å². The third-order valence-corrected chi connectivity index (χ3v) is 5.33. The zero-order valence-corrected chi connectivity index (χ0v) is 16.9. The van der Waals surface area contributed by atoms with Crippen molar-refractivity contribution in [2.45, 2.75) is 25.8 Å². The number of rotatable bonds is 6. The Morgan fingerprint density at radius 2 is 1.90 bits per heavy atom. The van der Waals surface area contributed by atoms with Gasteiger partial charge in [-0.15, -0.1) is 6.58 Å². The summed E-state index contributed by atoms with van der Waals surface area (Å²) in [5, 5.41) is 5.88. The van der Waals surface area contributed by atoms with Gasteiger partial charge in [0.05, 0.1) is 5.92 Å². The number of carbonyl (C=O) groups is 2. The van der Waals surface area contributed by atoms with E-state index in [1.165, 1.54) is 11.1 Å². The van der Waals surface area contributed by atoms with Crippen molar-refractivity contribution in [3.05, 3.63) is 83.9 Å². The molecule has 0 bridgehead atoms. The van der Waals surface area contributed by atoms with Crippen molar-refractivity contribution < 1.29 is 9.59 Å². The Morgan fingerprint density at radius 1 is 1.10 bits per heavy atom. The second-order valence-electron chi connectivity index (χ2n) is 7.63. The van der Waals surface area contributed by atoms with Gasteiger partial charge in [-0.3, -0.25) is 4.79 Å². The van der Waals surface area contributed by atoms with Crippen LogP contribution in [0.4, 0.5) is 4.79 Å². The minimum Gasteiger partial charge on any atom is -0.352 e. The van der Waals surface area contributed by atoms with Crippen LogP contribution in [0.2, 0.25) is 0 Å². The Hall–Kier alpha value is -3.08. The van der Waals surface area contributed by atoms with Crippen molar-refractivity contribution in [1.82, 2.24) is 15.5 Å². The Labute approximate surface area is 172 Å². The minimum absolute atomic E-state index is 0.0249. The Bertz CT molecular complexity index is 850. The van der Waals surface area contributed by atoms with Gasteiger partial charge in [0.1, 0.15) is 0 Å². The second-order valence-corrected chi connectivity index (χ2v) is 7.63. The molecule has 2 N–H and O–H groups in total. The summed E-state index contributed by atoms with van der Waals surface area (Å²) in [6.07, 6.45) is 2.40. The van der Waals surface area contributed by atoms with Crippen LogP contribution in [0, 0.1) is 12.8 Å². The van der Waals surface area contributed by atoms with Crippen molar-refractivity contribution in [3.8, 4) is 0 Å². The van der Waals surface area contributed by atoms with Gasteiger partial charge in [-0.05, 0) is 24.5 Å². The zero-order chi connectivity index (χ0) is 20.6. The van der Waals surface area contributed by atoms with Crippen molar-refractivity contribution in [2.75, 3.05) is 19.6 Å². The van der Waals surface area contributed by atoms with E-state index < -0.39 is 0 Å². The zero-order valence-electron chi connectivity index (χ0n) is 16.9. The highest BCUT2D eigenvalue weighted by Gasteiger charge is 2.34. The standard InChI is InChI=1S/C24H29N3O2/c1-3-12-25-23(28)22-14-21(20-11-7-8-18(2)13-20)16-27(17-22)24(29)26-15-19-9-5-4-6-10-19/h3-11,13,21-22H,1,12,14-17H2,2H3,(H,25,28)(H,26,29). The molecule has 1 aliphatic heterocycles. The molecule has 0 radical (unpaired) electrons. The molecule has 3 rings (SSSR count). The highest BCUT2D eigenvalue weighted by atomic mass is 16.2. The fourth-order valence-electron chi connectivity index (χ4n) is 3.82. The van der Waals surface area contributed by atoms with Crippen LogP contribution >= 0.6 is 0 Å². The number of hydrogen-bond donors (Lipinski definition) is 2. The van der Waals surface area contributed by atoms with Gasteiger partial charge in [-0.2, -0.15) is 0 Å². The lowest BCUT2D eigenvalue weighted by Crippen LogP contribution is -2.51. The molecular weight excluding hydrogens is 362 g/mol. The maximum atomic E-state index is 12.9. The first-order valence-corrected chi connectivity index (χ1v) is 10.1. The lowest BCUT2D eigenvalue weighted by molar-refractivity contribution is -0.126. The second kappa shape index (κ2) is 9.92. The number of nitrogens with zero attached hydrogens (tertiary/aromatic N) is 1. The summed E-state index contributed by atoms with van der Waals surface area (Å²) in [7, 11) is 0. The van der Waals surface area contributed by atoms with Gasteiger partial charge >= 0.3 is 6.03 Å². The molecule has 2 aromatic rings. The van der Waals surface area contributed by atoms with E-state index in [2.05, 4.69) is 42.3 Å². The highest BCUT2D eigenvalue weighted by Crippen LogP contribution is 2.31. The van der Waals surface area contributed by atoms with Crippen LogP contribution in [0.5, 0.6) is 0 Å². The summed E-state index contributed by atoms with van der Waals surface area (Å²) in [4.78, 5) is 27.3. The van der Waals surface area contributed by atoms with Crippen molar-refractivity contribution >= 4 is 11.9 Å². The smallest absolute Gasteiger partial charge is 0.317 e. The molecule has 1 fully saturated rings. The normalized spacial score (nSPS) is 18.7. The largest absolute Gasteiger partial charge is 0.352 e. The monoisotopic (exact) mass is 391 g/mol. The van der Waals surface area contributed by atoms with Crippen LogP contribution in [0.3, 0.4) is 0 Å². The van der Waals surface area contributed by atoms with Gasteiger partial charge in [0, 0.05) is 32.1 Å². The molecule has 2 atom stereocenters. The number of piperidine rings is 1. The number of hydrogen-bond acceptors (Lipinski definition) is 2. The summed E-state index contributed by atoms with van der Waals surface area (Å²) in [5.41, 5.74) is 3.40. The van der Waals surface area contributed by atoms with E-state index in [0.29, 0.717) is 26.2 Å². The molecule has 0 spiro atoms. The summed E-state index contributed by atoms with van der Waals surface area (Å²) in [6.45, 7) is 7.65. The average molecular weight is 392 g/mol. The molecule has 0 saturated carbocycles. The maximum absolute atomic E-state index is 12.9. The average Bonchev–Trinajstić information content (AvgIpc) is 2.76. The summed E-state index contributed by atoms with van der Waals surface area (Å²) in [6, 6.07) is 18.0. The summed E-state index contributed by atoms with van der Waals surface area (Å²) in [5.74, 6) is -0.134. The van der Waals surface area contributed by atoms with Gasteiger partial charge < -0.3 is 15.5 Å². The number of carbonyl (C=O) groups excluding carboxylic acids is 2. The summed E-state index contributed by atoms with van der Waals surface area (Å²) >= 11 is 0. The van der Waals surface area contributed by atoms with Crippen LogP contribution in [-0.4, -0.2) is 36.5 Å². The van der Waals surface area contributed by atoms with Gasteiger partial charge in [0.15, 0.2) is 0 Å². The van der Waals surface area contributed by atoms with Gasteiger partial charge in [-0.25, -0.2) is 4.79 Å². The number of likely N-dealkylation sites (tertiary alicyclic amines) is 1. The number of nitrogens with one attached hydrogen (secondary N) is 2. The van der Waals surface area contributed by atoms with Gasteiger partial charge in [-0.1, -0.05) is 66.2 Å². The Morgan fingerprint density at radius 3 is 2.62 bits per heavy atom. The molecular formula is C24H29N3O2. The molecule has 0 aromatic heterocycles. The first-order chi connectivity index (χ1) is 14.1. The SMILES string of the molecule is C=CCNC(=O)C1CC(c2cccc(C)c2)CN(C(=O)NCc2ccccc2)C1. The van der Waals surface area contributed by atoms with Gasteiger partial charge in [0.2, 0.25) is 5.91 Å². The van der Waals surface area contributed by atoms with E-state index in [4.69, 9.17) is 0 Å². The number of benzene rings is 2. The molecule has 152 valence electrons. The third-order valence-electron chi connectivity index (χ3n) is 5.33. The molecule has 3 amide bonds.